The van der Waals surface area contributed by atoms with E-state index in [-0.39, 0.29) is 11.3 Å². The summed E-state index contributed by atoms with van der Waals surface area (Å²) in [4.78, 5) is 25.9. The summed E-state index contributed by atoms with van der Waals surface area (Å²) in [5, 5.41) is 13.9. The van der Waals surface area contributed by atoms with Crippen LogP contribution in [0, 0.1) is 12.8 Å². The van der Waals surface area contributed by atoms with Crippen molar-refractivity contribution in [2.45, 2.75) is 33.7 Å². The van der Waals surface area contributed by atoms with Crippen LogP contribution in [-0.4, -0.2) is 15.6 Å². The molecule has 1 heterocycles. The summed E-state index contributed by atoms with van der Waals surface area (Å²) >= 11 is 0. The SMILES string of the molecule is Cc1ccccc1NC(=O)c1c(O)c2ccccc2n(CCC(C)C)c1=O. The van der Waals surface area contributed by atoms with Crippen molar-refractivity contribution in [3.05, 3.63) is 70.0 Å². The molecule has 5 heteroatoms. The van der Waals surface area contributed by atoms with Gasteiger partial charge in [-0.25, -0.2) is 0 Å². The molecule has 140 valence electrons. The molecule has 5 nitrogen and oxygen atoms in total. The molecule has 0 saturated carbocycles. The molecule has 2 N–H and O–H groups in total. The van der Waals surface area contributed by atoms with Gasteiger partial charge in [-0.05, 0) is 43.0 Å². The molecule has 0 atom stereocenters. The fraction of sp³-hybridized carbons (Fsp3) is 0.273. The minimum absolute atomic E-state index is 0.222. The molecule has 2 aromatic carbocycles. The van der Waals surface area contributed by atoms with Gasteiger partial charge in [-0.15, -0.1) is 0 Å². The lowest BCUT2D eigenvalue weighted by molar-refractivity contribution is 0.102. The first-order valence-electron chi connectivity index (χ1n) is 9.11. The lowest BCUT2D eigenvalue weighted by atomic mass is 10.1. The topological polar surface area (TPSA) is 71.3 Å². The zero-order chi connectivity index (χ0) is 19.6. The van der Waals surface area contributed by atoms with Gasteiger partial charge in [0.25, 0.3) is 11.5 Å². The molecule has 0 spiro atoms. The van der Waals surface area contributed by atoms with Gasteiger partial charge in [-0.3, -0.25) is 9.59 Å². The maximum absolute atomic E-state index is 13.1. The van der Waals surface area contributed by atoms with Crippen molar-refractivity contribution in [1.29, 1.82) is 0 Å². The quantitative estimate of drug-likeness (QED) is 0.708. The van der Waals surface area contributed by atoms with E-state index in [9.17, 15) is 14.7 Å². The van der Waals surface area contributed by atoms with Gasteiger partial charge in [0.05, 0.1) is 5.52 Å². The number of para-hydroxylation sites is 2. The number of hydrogen-bond acceptors (Lipinski definition) is 3. The summed E-state index contributed by atoms with van der Waals surface area (Å²) in [6, 6.07) is 14.4. The number of aromatic nitrogens is 1. The fourth-order valence-electron chi connectivity index (χ4n) is 3.10. The third-order valence-corrected chi connectivity index (χ3v) is 4.70. The Morgan fingerprint density at radius 2 is 1.78 bits per heavy atom. The van der Waals surface area contributed by atoms with Crippen LogP contribution in [0.3, 0.4) is 0 Å². The smallest absolute Gasteiger partial charge is 0.267 e. The van der Waals surface area contributed by atoms with E-state index in [1.807, 2.05) is 31.2 Å². The van der Waals surface area contributed by atoms with Crippen molar-refractivity contribution in [3.8, 4) is 5.75 Å². The van der Waals surface area contributed by atoms with Gasteiger partial charge in [-0.1, -0.05) is 44.2 Å². The highest BCUT2D eigenvalue weighted by molar-refractivity contribution is 6.09. The number of amides is 1. The molecule has 1 aromatic heterocycles. The van der Waals surface area contributed by atoms with E-state index in [2.05, 4.69) is 19.2 Å². The third kappa shape index (κ3) is 3.72. The molecule has 0 radical (unpaired) electrons. The second-order valence-corrected chi connectivity index (χ2v) is 7.15. The van der Waals surface area contributed by atoms with E-state index in [0.717, 1.165) is 12.0 Å². The number of aromatic hydroxyl groups is 1. The molecule has 0 aliphatic heterocycles. The fourth-order valence-corrected chi connectivity index (χ4v) is 3.10. The number of nitrogens with zero attached hydrogens (tertiary/aromatic N) is 1. The summed E-state index contributed by atoms with van der Waals surface area (Å²) in [6.45, 7) is 6.53. The Labute approximate surface area is 158 Å². The summed E-state index contributed by atoms with van der Waals surface area (Å²) < 4.78 is 1.59. The number of fused-ring (bicyclic) bond motifs is 1. The van der Waals surface area contributed by atoms with E-state index >= 15 is 0 Å². The number of pyridine rings is 1. The molecule has 0 saturated heterocycles. The molecule has 0 bridgehead atoms. The molecule has 0 unspecified atom stereocenters. The third-order valence-electron chi connectivity index (χ3n) is 4.70. The monoisotopic (exact) mass is 364 g/mol. The summed E-state index contributed by atoms with van der Waals surface area (Å²) in [5.74, 6) is -0.466. The summed E-state index contributed by atoms with van der Waals surface area (Å²) in [6.07, 6.45) is 0.799. The number of hydrogen-bond donors (Lipinski definition) is 2. The van der Waals surface area contributed by atoms with Gasteiger partial charge in [-0.2, -0.15) is 0 Å². The first-order valence-corrected chi connectivity index (χ1v) is 9.11. The van der Waals surface area contributed by atoms with E-state index in [4.69, 9.17) is 0 Å². The molecule has 3 aromatic rings. The van der Waals surface area contributed by atoms with Crippen molar-refractivity contribution in [2.24, 2.45) is 5.92 Å². The zero-order valence-electron chi connectivity index (χ0n) is 15.8. The number of nitrogens with one attached hydrogen (secondary N) is 1. The Bertz CT molecular complexity index is 1050. The molecule has 0 fully saturated rings. The van der Waals surface area contributed by atoms with Crippen LogP contribution in [0.15, 0.2) is 53.3 Å². The number of carbonyl (C=O) groups excluding carboxylic acids is 1. The normalized spacial score (nSPS) is 11.1. The van der Waals surface area contributed by atoms with Crippen molar-refractivity contribution in [2.75, 3.05) is 5.32 Å². The van der Waals surface area contributed by atoms with Gasteiger partial charge in [0.15, 0.2) is 0 Å². The molecule has 0 aliphatic carbocycles. The van der Waals surface area contributed by atoms with E-state index in [1.54, 1.807) is 28.8 Å². The molecular formula is C22H24N2O3. The number of rotatable bonds is 5. The van der Waals surface area contributed by atoms with Gasteiger partial charge in [0.1, 0.15) is 11.3 Å². The van der Waals surface area contributed by atoms with Crippen LogP contribution in [0.5, 0.6) is 5.75 Å². The lowest BCUT2D eigenvalue weighted by Gasteiger charge is -2.16. The molecule has 1 amide bonds. The number of benzene rings is 2. The van der Waals surface area contributed by atoms with Crippen molar-refractivity contribution < 1.29 is 9.90 Å². The highest BCUT2D eigenvalue weighted by Crippen LogP contribution is 2.27. The first-order chi connectivity index (χ1) is 12.9. The average molecular weight is 364 g/mol. The largest absolute Gasteiger partial charge is 0.506 e. The van der Waals surface area contributed by atoms with Crippen LogP contribution in [0.4, 0.5) is 5.69 Å². The van der Waals surface area contributed by atoms with Crippen molar-refractivity contribution >= 4 is 22.5 Å². The predicted octanol–water partition coefficient (Wildman–Crippen LogP) is 4.31. The summed E-state index contributed by atoms with van der Waals surface area (Å²) in [5.41, 5.74) is 1.43. The van der Waals surface area contributed by atoms with Crippen molar-refractivity contribution in [1.82, 2.24) is 4.57 Å². The Morgan fingerprint density at radius 1 is 1.11 bits per heavy atom. The molecular weight excluding hydrogens is 340 g/mol. The van der Waals surface area contributed by atoms with E-state index < -0.39 is 11.5 Å². The number of carbonyl (C=O) groups is 1. The number of aryl methyl sites for hydroxylation is 2. The Kier molecular flexibility index (Phi) is 5.31. The first kappa shape index (κ1) is 18.7. The van der Waals surface area contributed by atoms with Gasteiger partial charge < -0.3 is 15.0 Å². The van der Waals surface area contributed by atoms with Crippen LogP contribution in [0.1, 0.15) is 36.2 Å². The molecule has 27 heavy (non-hydrogen) atoms. The minimum atomic E-state index is -0.601. The minimum Gasteiger partial charge on any atom is -0.506 e. The molecule has 0 aliphatic rings. The average Bonchev–Trinajstić information content (AvgIpc) is 2.63. The second kappa shape index (κ2) is 7.66. The van der Waals surface area contributed by atoms with Crippen LogP contribution in [0.2, 0.25) is 0 Å². The van der Waals surface area contributed by atoms with Gasteiger partial charge in [0.2, 0.25) is 0 Å². The predicted molar refractivity (Wildman–Crippen MR) is 108 cm³/mol. The van der Waals surface area contributed by atoms with E-state index in [0.29, 0.717) is 29.1 Å². The van der Waals surface area contributed by atoms with Crippen molar-refractivity contribution in [3.63, 3.8) is 0 Å². The summed E-state index contributed by atoms with van der Waals surface area (Å²) in [7, 11) is 0. The Morgan fingerprint density at radius 3 is 2.48 bits per heavy atom. The maximum Gasteiger partial charge on any atom is 0.267 e. The van der Waals surface area contributed by atoms with Crippen LogP contribution in [-0.2, 0) is 6.54 Å². The highest BCUT2D eigenvalue weighted by atomic mass is 16.3. The maximum atomic E-state index is 13.1. The van der Waals surface area contributed by atoms with Gasteiger partial charge >= 0.3 is 0 Å². The molecule has 3 rings (SSSR count). The lowest BCUT2D eigenvalue weighted by Crippen LogP contribution is -2.30. The second-order valence-electron chi connectivity index (χ2n) is 7.15. The van der Waals surface area contributed by atoms with Crippen LogP contribution in [0.25, 0.3) is 10.9 Å². The van der Waals surface area contributed by atoms with Crippen LogP contribution < -0.4 is 10.9 Å². The Balaban J connectivity index is 2.13. The Hall–Kier alpha value is -3.08. The van der Waals surface area contributed by atoms with Gasteiger partial charge in [0, 0.05) is 17.6 Å². The van der Waals surface area contributed by atoms with Crippen LogP contribution >= 0.6 is 0 Å². The number of anilines is 1. The van der Waals surface area contributed by atoms with E-state index in [1.165, 1.54) is 0 Å². The highest BCUT2D eigenvalue weighted by Gasteiger charge is 2.22. The standard InChI is InChI=1S/C22H24N2O3/c1-14(2)12-13-24-18-11-7-5-9-16(18)20(25)19(22(24)27)21(26)23-17-10-6-4-8-15(17)3/h4-11,14,25H,12-13H2,1-3H3,(H,23,26). The zero-order valence-corrected chi connectivity index (χ0v) is 15.8.